The number of hydrogen-bond donors (Lipinski definition) is 1. The highest BCUT2D eigenvalue weighted by atomic mass is 16.3. The molecule has 0 radical (unpaired) electrons. The van der Waals surface area contributed by atoms with E-state index in [0.29, 0.717) is 11.5 Å². The second-order valence-electron chi connectivity index (χ2n) is 5.85. The van der Waals surface area contributed by atoms with Gasteiger partial charge in [-0.2, -0.15) is 0 Å². The van der Waals surface area contributed by atoms with Crippen LogP contribution in [0.2, 0.25) is 0 Å². The third-order valence-electron chi connectivity index (χ3n) is 3.16. The van der Waals surface area contributed by atoms with Crippen LogP contribution in [-0.4, -0.2) is 15.7 Å². The van der Waals surface area contributed by atoms with E-state index in [1.165, 1.54) is 0 Å². The van der Waals surface area contributed by atoms with Crippen molar-refractivity contribution in [2.75, 3.05) is 0 Å². The molecule has 0 saturated heterocycles. The predicted molar refractivity (Wildman–Crippen MR) is 87.4 cm³/mol. The summed E-state index contributed by atoms with van der Waals surface area (Å²) < 4.78 is 5.91. The predicted octanol–water partition coefficient (Wildman–Crippen LogP) is 3.93. The molecule has 0 aliphatic heterocycles. The standard InChI is InChI=1S/C19H17NO2/c1-13-11-15(9-10-19(2,3)21)17-16(12-13)20-18(22-17)14-7-5-4-6-8-14/h4-8,11-12,21H,1-3H3. The zero-order valence-electron chi connectivity index (χ0n) is 12.8. The summed E-state index contributed by atoms with van der Waals surface area (Å²) in [5.41, 5.74) is 3.11. The zero-order valence-corrected chi connectivity index (χ0v) is 12.8. The van der Waals surface area contributed by atoms with E-state index in [1.54, 1.807) is 13.8 Å². The van der Waals surface area contributed by atoms with Crippen LogP contribution in [0.3, 0.4) is 0 Å². The minimum Gasteiger partial charge on any atom is -0.435 e. The summed E-state index contributed by atoms with van der Waals surface area (Å²) in [5, 5.41) is 9.78. The van der Waals surface area contributed by atoms with E-state index in [2.05, 4.69) is 16.8 Å². The maximum Gasteiger partial charge on any atom is 0.227 e. The summed E-state index contributed by atoms with van der Waals surface area (Å²) in [7, 11) is 0. The van der Waals surface area contributed by atoms with Crippen molar-refractivity contribution in [1.82, 2.24) is 4.98 Å². The summed E-state index contributed by atoms with van der Waals surface area (Å²) in [4.78, 5) is 4.55. The van der Waals surface area contributed by atoms with Crippen LogP contribution in [0.1, 0.15) is 25.0 Å². The molecular weight excluding hydrogens is 274 g/mol. The van der Waals surface area contributed by atoms with E-state index in [0.717, 1.165) is 22.2 Å². The Labute approximate surface area is 129 Å². The molecule has 0 saturated carbocycles. The second kappa shape index (κ2) is 5.32. The van der Waals surface area contributed by atoms with E-state index in [9.17, 15) is 5.11 Å². The normalized spacial score (nSPS) is 11.3. The molecular formula is C19H17NO2. The lowest BCUT2D eigenvalue weighted by atomic mass is 10.1. The summed E-state index contributed by atoms with van der Waals surface area (Å²) >= 11 is 0. The first-order valence-corrected chi connectivity index (χ1v) is 7.14. The number of benzene rings is 2. The Kier molecular flexibility index (Phi) is 3.48. The Morgan fingerprint density at radius 2 is 1.86 bits per heavy atom. The molecule has 0 bridgehead atoms. The largest absolute Gasteiger partial charge is 0.435 e. The van der Waals surface area contributed by atoms with Gasteiger partial charge in [0.2, 0.25) is 5.89 Å². The van der Waals surface area contributed by atoms with E-state index in [-0.39, 0.29) is 0 Å². The number of fused-ring (bicyclic) bond motifs is 1. The van der Waals surface area contributed by atoms with Crippen LogP contribution in [0.5, 0.6) is 0 Å². The third-order valence-corrected chi connectivity index (χ3v) is 3.16. The highest BCUT2D eigenvalue weighted by molar-refractivity contribution is 5.83. The number of aromatic nitrogens is 1. The van der Waals surface area contributed by atoms with E-state index >= 15 is 0 Å². The van der Waals surface area contributed by atoms with Crippen LogP contribution in [0, 0.1) is 18.8 Å². The Morgan fingerprint density at radius 3 is 2.55 bits per heavy atom. The van der Waals surface area contributed by atoms with Gasteiger partial charge in [-0.15, -0.1) is 0 Å². The van der Waals surface area contributed by atoms with Crippen LogP contribution in [0.4, 0.5) is 0 Å². The van der Waals surface area contributed by atoms with Gasteiger partial charge < -0.3 is 9.52 Å². The molecule has 22 heavy (non-hydrogen) atoms. The molecule has 1 heterocycles. The van der Waals surface area contributed by atoms with Gasteiger partial charge in [-0.3, -0.25) is 0 Å². The van der Waals surface area contributed by atoms with Crippen molar-refractivity contribution in [1.29, 1.82) is 0 Å². The van der Waals surface area contributed by atoms with Crippen LogP contribution in [0.25, 0.3) is 22.6 Å². The van der Waals surface area contributed by atoms with Gasteiger partial charge in [0.05, 0.1) is 5.56 Å². The number of hydrogen-bond acceptors (Lipinski definition) is 3. The van der Waals surface area contributed by atoms with E-state index in [4.69, 9.17) is 4.42 Å². The fourth-order valence-electron chi connectivity index (χ4n) is 2.19. The fraction of sp³-hybridized carbons (Fsp3) is 0.211. The number of aryl methyl sites for hydroxylation is 1. The van der Waals surface area contributed by atoms with Crippen LogP contribution >= 0.6 is 0 Å². The summed E-state index contributed by atoms with van der Waals surface area (Å²) in [5.74, 6) is 6.40. The Balaban J connectivity index is 2.17. The van der Waals surface area contributed by atoms with Crippen LogP contribution < -0.4 is 0 Å². The lowest BCUT2D eigenvalue weighted by Crippen LogP contribution is -2.14. The van der Waals surface area contributed by atoms with Gasteiger partial charge in [0.1, 0.15) is 11.1 Å². The van der Waals surface area contributed by atoms with Gasteiger partial charge in [-0.25, -0.2) is 4.98 Å². The smallest absolute Gasteiger partial charge is 0.227 e. The molecule has 0 unspecified atom stereocenters. The van der Waals surface area contributed by atoms with Crippen molar-refractivity contribution < 1.29 is 9.52 Å². The third kappa shape index (κ3) is 3.03. The minimum atomic E-state index is -1.04. The highest BCUT2D eigenvalue weighted by Gasteiger charge is 2.12. The number of oxazole rings is 1. The first-order valence-electron chi connectivity index (χ1n) is 7.14. The quantitative estimate of drug-likeness (QED) is 0.691. The molecule has 0 atom stereocenters. The summed E-state index contributed by atoms with van der Waals surface area (Å²) in [6, 6.07) is 13.7. The monoisotopic (exact) mass is 291 g/mol. The van der Waals surface area contributed by atoms with Crippen molar-refractivity contribution in [2.45, 2.75) is 26.4 Å². The number of aliphatic hydroxyl groups is 1. The number of rotatable bonds is 1. The first-order chi connectivity index (χ1) is 10.4. The van der Waals surface area contributed by atoms with Gasteiger partial charge in [-0.1, -0.05) is 30.0 Å². The molecule has 0 aliphatic carbocycles. The van der Waals surface area contributed by atoms with Crippen LogP contribution in [-0.2, 0) is 0 Å². The van der Waals surface area contributed by atoms with Gasteiger partial charge in [0, 0.05) is 5.56 Å². The Morgan fingerprint density at radius 1 is 1.14 bits per heavy atom. The van der Waals surface area contributed by atoms with Gasteiger partial charge in [0.25, 0.3) is 0 Å². The molecule has 3 rings (SSSR count). The Hall–Kier alpha value is -2.57. The molecule has 0 aliphatic rings. The van der Waals surface area contributed by atoms with Gasteiger partial charge >= 0.3 is 0 Å². The van der Waals surface area contributed by atoms with E-state index in [1.807, 2.05) is 49.4 Å². The SMILES string of the molecule is Cc1cc(C#CC(C)(C)O)c2oc(-c3ccccc3)nc2c1. The Bertz CT molecular complexity index is 875. The minimum absolute atomic E-state index is 0.576. The molecule has 0 amide bonds. The van der Waals surface area contributed by atoms with Crippen molar-refractivity contribution in [2.24, 2.45) is 0 Å². The number of nitrogens with zero attached hydrogens (tertiary/aromatic N) is 1. The molecule has 1 aromatic heterocycles. The van der Waals surface area contributed by atoms with E-state index < -0.39 is 5.60 Å². The highest BCUT2D eigenvalue weighted by Crippen LogP contribution is 2.27. The van der Waals surface area contributed by atoms with Crippen molar-refractivity contribution in [3.8, 4) is 23.3 Å². The molecule has 0 spiro atoms. The van der Waals surface area contributed by atoms with Crippen molar-refractivity contribution in [3.05, 3.63) is 53.6 Å². The second-order valence-corrected chi connectivity index (χ2v) is 5.85. The lowest BCUT2D eigenvalue weighted by molar-refractivity contribution is 0.143. The molecule has 3 heteroatoms. The molecule has 2 aromatic carbocycles. The topological polar surface area (TPSA) is 46.3 Å². The molecule has 110 valence electrons. The van der Waals surface area contributed by atoms with Crippen molar-refractivity contribution in [3.63, 3.8) is 0 Å². The molecule has 1 N–H and O–H groups in total. The average Bonchev–Trinajstić information content (AvgIpc) is 2.88. The maximum absolute atomic E-state index is 9.78. The van der Waals surface area contributed by atoms with Gasteiger partial charge in [-0.05, 0) is 50.6 Å². The first kappa shape index (κ1) is 14.4. The maximum atomic E-state index is 9.78. The zero-order chi connectivity index (χ0) is 15.7. The summed E-state index contributed by atoms with van der Waals surface area (Å²) in [6.45, 7) is 5.30. The molecule has 3 nitrogen and oxygen atoms in total. The van der Waals surface area contributed by atoms with Crippen molar-refractivity contribution >= 4 is 11.1 Å². The van der Waals surface area contributed by atoms with Gasteiger partial charge in [0.15, 0.2) is 5.58 Å². The molecule has 3 aromatic rings. The average molecular weight is 291 g/mol. The van der Waals surface area contributed by atoms with Crippen LogP contribution in [0.15, 0.2) is 46.9 Å². The fourth-order valence-corrected chi connectivity index (χ4v) is 2.19. The summed E-state index contributed by atoms with van der Waals surface area (Å²) in [6.07, 6.45) is 0. The molecule has 0 fully saturated rings. The lowest BCUT2D eigenvalue weighted by Gasteiger charge is -2.06.